The Morgan fingerprint density at radius 3 is 2.85 bits per heavy atom. The van der Waals surface area contributed by atoms with E-state index >= 15 is 0 Å². The predicted octanol–water partition coefficient (Wildman–Crippen LogP) is 2.77. The fraction of sp³-hybridized carbons (Fsp3) is 0.250. The second-order valence-electron chi connectivity index (χ2n) is 5.98. The van der Waals surface area contributed by atoms with Gasteiger partial charge in [-0.15, -0.1) is 0 Å². The van der Waals surface area contributed by atoms with Crippen LogP contribution in [0.4, 0.5) is 11.4 Å². The molecule has 0 radical (unpaired) electrons. The number of hydrogen-bond donors (Lipinski definition) is 2. The van der Waals surface area contributed by atoms with E-state index in [2.05, 4.69) is 10.6 Å². The number of nitrogens with one attached hydrogen (secondary N) is 2. The van der Waals surface area contributed by atoms with Gasteiger partial charge in [-0.2, -0.15) is 0 Å². The van der Waals surface area contributed by atoms with E-state index in [1.54, 1.807) is 43.3 Å². The smallest absolute Gasteiger partial charge is 0.340 e. The van der Waals surface area contributed by atoms with Gasteiger partial charge < -0.3 is 20.1 Å². The van der Waals surface area contributed by atoms with Crippen molar-refractivity contribution in [1.29, 1.82) is 0 Å². The van der Waals surface area contributed by atoms with E-state index in [1.807, 2.05) is 6.07 Å². The third-order valence-corrected chi connectivity index (χ3v) is 4.01. The molecule has 0 fully saturated rings. The minimum atomic E-state index is -0.473. The van der Waals surface area contributed by atoms with Crippen molar-refractivity contribution in [3.63, 3.8) is 0 Å². The van der Waals surface area contributed by atoms with Gasteiger partial charge in [0.1, 0.15) is 5.75 Å². The molecule has 1 heterocycles. The first kappa shape index (κ1) is 18.4. The average Bonchev–Trinajstić information content (AvgIpc) is 2.66. The summed E-state index contributed by atoms with van der Waals surface area (Å²) in [6, 6.07) is 12.2. The second kappa shape index (κ2) is 8.35. The third-order valence-electron chi connectivity index (χ3n) is 4.01. The Kier molecular flexibility index (Phi) is 5.71. The van der Waals surface area contributed by atoms with Crippen LogP contribution in [0, 0.1) is 0 Å². The molecule has 0 aromatic heterocycles. The lowest BCUT2D eigenvalue weighted by molar-refractivity contribution is -0.118. The maximum Gasteiger partial charge on any atom is 0.340 e. The molecule has 0 bridgehead atoms. The first-order valence-corrected chi connectivity index (χ1v) is 8.68. The van der Waals surface area contributed by atoms with Gasteiger partial charge >= 0.3 is 5.97 Å². The minimum absolute atomic E-state index is 0.00856. The number of esters is 1. The molecule has 0 spiro atoms. The van der Waals surface area contributed by atoms with Crippen molar-refractivity contribution >= 4 is 29.2 Å². The summed E-state index contributed by atoms with van der Waals surface area (Å²) >= 11 is 0. The third kappa shape index (κ3) is 4.63. The zero-order valence-corrected chi connectivity index (χ0v) is 14.9. The Morgan fingerprint density at radius 2 is 2.04 bits per heavy atom. The van der Waals surface area contributed by atoms with Gasteiger partial charge in [-0.25, -0.2) is 4.79 Å². The highest BCUT2D eigenvalue weighted by Gasteiger charge is 2.17. The fourth-order valence-corrected chi connectivity index (χ4v) is 2.74. The molecule has 0 aliphatic carbocycles. The number of carbonyl (C=O) groups is 3. The molecule has 2 N–H and O–H groups in total. The summed E-state index contributed by atoms with van der Waals surface area (Å²) in [5.74, 6) is -0.275. The monoisotopic (exact) mass is 368 g/mol. The minimum Gasteiger partial charge on any atom is -0.482 e. The fourth-order valence-electron chi connectivity index (χ4n) is 2.74. The first-order valence-electron chi connectivity index (χ1n) is 8.68. The van der Waals surface area contributed by atoms with Gasteiger partial charge in [0, 0.05) is 6.42 Å². The van der Waals surface area contributed by atoms with E-state index < -0.39 is 5.97 Å². The quantitative estimate of drug-likeness (QED) is 0.765. The van der Waals surface area contributed by atoms with Gasteiger partial charge in [0.15, 0.2) is 6.61 Å². The van der Waals surface area contributed by atoms with Crippen LogP contribution in [0.2, 0.25) is 0 Å². The normalized spacial score (nSPS) is 12.4. The number of ether oxygens (including phenoxy) is 2. The first-order chi connectivity index (χ1) is 13.1. The number of anilines is 2. The van der Waals surface area contributed by atoms with E-state index in [-0.39, 0.29) is 31.4 Å². The van der Waals surface area contributed by atoms with E-state index in [9.17, 15) is 14.4 Å². The second-order valence-corrected chi connectivity index (χ2v) is 5.98. The molecule has 0 saturated carbocycles. The Hall–Kier alpha value is -3.35. The number of para-hydroxylation sites is 1. The van der Waals surface area contributed by atoms with Crippen molar-refractivity contribution in [2.45, 2.75) is 19.8 Å². The van der Waals surface area contributed by atoms with Crippen LogP contribution >= 0.6 is 0 Å². The summed E-state index contributed by atoms with van der Waals surface area (Å²) in [6.45, 7) is 2.00. The van der Waals surface area contributed by atoms with Gasteiger partial charge in [0.25, 0.3) is 5.91 Å². The maximum absolute atomic E-state index is 12.3. The number of rotatable bonds is 6. The van der Waals surface area contributed by atoms with Crippen LogP contribution in [0.15, 0.2) is 42.5 Å². The standard InChI is InChI=1S/C20H20N2O5/c1-2-26-20(25)14-5-3-4-6-15(14)21-18(23)10-8-13-7-9-17-16(11-13)22-19(24)12-27-17/h3-7,9,11H,2,8,10,12H2,1H3,(H,21,23)(H,22,24). The molecule has 1 aliphatic rings. The summed E-state index contributed by atoms with van der Waals surface area (Å²) in [4.78, 5) is 35.7. The number of amides is 2. The number of hydrogen-bond acceptors (Lipinski definition) is 5. The van der Waals surface area contributed by atoms with Crippen LogP contribution in [0.25, 0.3) is 0 Å². The van der Waals surface area contributed by atoms with Crippen LogP contribution in [0.5, 0.6) is 5.75 Å². The number of aryl methyl sites for hydroxylation is 1. The van der Waals surface area contributed by atoms with Gasteiger partial charge in [-0.3, -0.25) is 9.59 Å². The molecule has 7 nitrogen and oxygen atoms in total. The topological polar surface area (TPSA) is 93.7 Å². The van der Waals surface area contributed by atoms with E-state index in [0.29, 0.717) is 29.1 Å². The number of fused-ring (bicyclic) bond motifs is 1. The van der Waals surface area contributed by atoms with Gasteiger partial charge in [-0.1, -0.05) is 18.2 Å². The molecule has 140 valence electrons. The summed E-state index contributed by atoms with van der Waals surface area (Å²) in [5.41, 5.74) is 2.25. The zero-order valence-electron chi connectivity index (χ0n) is 14.9. The lowest BCUT2D eigenvalue weighted by Gasteiger charge is -2.18. The molecule has 2 amide bonds. The molecule has 0 atom stereocenters. The Morgan fingerprint density at radius 1 is 1.22 bits per heavy atom. The van der Waals surface area contributed by atoms with Crippen LogP contribution in [0.1, 0.15) is 29.3 Å². The lowest BCUT2D eigenvalue weighted by atomic mass is 10.1. The zero-order chi connectivity index (χ0) is 19.2. The average molecular weight is 368 g/mol. The summed E-state index contributed by atoms with van der Waals surface area (Å²) in [5, 5.41) is 5.50. The molecule has 2 aromatic carbocycles. The summed E-state index contributed by atoms with van der Waals surface area (Å²) < 4.78 is 10.3. The Labute approximate surface area is 156 Å². The molecule has 0 saturated heterocycles. The van der Waals surface area contributed by atoms with Crippen molar-refractivity contribution in [3.8, 4) is 5.75 Å². The highest BCUT2D eigenvalue weighted by atomic mass is 16.5. The summed E-state index contributed by atoms with van der Waals surface area (Å²) in [7, 11) is 0. The highest BCUT2D eigenvalue weighted by Crippen LogP contribution is 2.28. The lowest BCUT2D eigenvalue weighted by Crippen LogP contribution is -2.25. The highest BCUT2D eigenvalue weighted by molar-refractivity contribution is 6.01. The molecule has 0 unspecified atom stereocenters. The molecule has 3 rings (SSSR count). The van der Waals surface area contributed by atoms with Gasteiger partial charge in [0.05, 0.1) is 23.5 Å². The van der Waals surface area contributed by atoms with Crippen molar-refractivity contribution in [1.82, 2.24) is 0 Å². The molecule has 7 heteroatoms. The van der Waals surface area contributed by atoms with E-state index in [0.717, 1.165) is 5.56 Å². The summed E-state index contributed by atoms with van der Waals surface area (Å²) in [6.07, 6.45) is 0.710. The number of benzene rings is 2. The van der Waals surface area contributed by atoms with Crippen molar-refractivity contribution in [3.05, 3.63) is 53.6 Å². The van der Waals surface area contributed by atoms with Crippen molar-refractivity contribution < 1.29 is 23.9 Å². The Bertz CT molecular complexity index is 878. The van der Waals surface area contributed by atoms with Gasteiger partial charge in [0.2, 0.25) is 5.91 Å². The SMILES string of the molecule is CCOC(=O)c1ccccc1NC(=O)CCc1ccc2c(c1)NC(=O)CO2. The molecule has 1 aliphatic heterocycles. The largest absolute Gasteiger partial charge is 0.482 e. The molecule has 2 aromatic rings. The number of carbonyl (C=O) groups excluding carboxylic acids is 3. The predicted molar refractivity (Wildman–Crippen MR) is 99.9 cm³/mol. The van der Waals surface area contributed by atoms with Crippen LogP contribution in [-0.4, -0.2) is 31.0 Å². The van der Waals surface area contributed by atoms with Crippen LogP contribution < -0.4 is 15.4 Å². The van der Waals surface area contributed by atoms with Gasteiger partial charge in [-0.05, 0) is 43.2 Å². The maximum atomic E-state index is 12.3. The van der Waals surface area contributed by atoms with Crippen LogP contribution in [-0.2, 0) is 20.7 Å². The van der Waals surface area contributed by atoms with E-state index in [1.165, 1.54) is 0 Å². The van der Waals surface area contributed by atoms with Crippen molar-refractivity contribution in [2.24, 2.45) is 0 Å². The van der Waals surface area contributed by atoms with Crippen molar-refractivity contribution in [2.75, 3.05) is 23.8 Å². The van der Waals surface area contributed by atoms with Crippen LogP contribution in [0.3, 0.4) is 0 Å². The molecule has 27 heavy (non-hydrogen) atoms. The van der Waals surface area contributed by atoms with E-state index in [4.69, 9.17) is 9.47 Å². The Balaban J connectivity index is 1.62. The molecular weight excluding hydrogens is 348 g/mol. The molecular formula is C20H20N2O5.